The quantitative estimate of drug-likeness (QED) is 0.286. The number of hydrogen-bond acceptors (Lipinski definition) is 3. The highest BCUT2D eigenvalue weighted by molar-refractivity contribution is 6.32. The number of carbonyl (C=O) groups is 2. The number of amides is 1. The van der Waals surface area contributed by atoms with E-state index in [1.54, 1.807) is 65.6 Å². The van der Waals surface area contributed by atoms with Crippen LogP contribution in [0.15, 0.2) is 103 Å². The molecule has 0 bridgehead atoms. The monoisotopic (exact) mass is 485 g/mol. The highest BCUT2D eigenvalue weighted by Gasteiger charge is 2.17. The summed E-state index contributed by atoms with van der Waals surface area (Å²) in [5.74, 6) is 0.0254. The van der Waals surface area contributed by atoms with E-state index in [1.807, 2.05) is 42.5 Å². The molecule has 4 aromatic rings. The normalized spacial score (nSPS) is 10.5. The number of carbonyl (C=O) groups excluding carboxylic acids is 1. The predicted molar refractivity (Wildman–Crippen MR) is 136 cm³/mol. The van der Waals surface area contributed by atoms with Crippen LogP contribution in [0.4, 0.5) is 0 Å². The van der Waals surface area contributed by atoms with E-state index in [0.29, 0.717) is 41.6 Å². The summed E-state index contributed by atoms with van der Waals surface area (Å²) in [6.07, 6.45) is 0.702. The van der Waals surface area contributed by atoms with E-state index in [4.69, 9.17) is 21.4 Å². The molecule has 0 atom stereocenters. The minimum Gasteiger partial charge on any atom is -0.478 e. The van der Waals surface area contributed by atoms with Crippen LogP contribution in [0.25, 0.3) is 0 Å². The lowest BCUT2D eigenvalue weighted by molar-refractivity contribution is 0.0694. The minimum absolute atomic E-state index is 0.118. The van der Waals surface area contributed by atoms with Crippen molar-refractivity contribution in [3.8, 4) is 11.5 Å². The van der Waals surface area contributed by atoms with Crippen molar-refractivity contribution >= 4 is 23.5 Å². The Morgan fingerprint density at radius 1 is 0.743 bits per heavy atom. The van der Waals surface area contributed by atoms with Gasteiger partial charge in [-0.15, -0.1) is 0 Å². The number of nitrogens with zero attached hydrogens (tertiary/aromatic N) is 1. The lowest BCUT2D eigenvalue weighted by atomic mass is 10.1. The SMILES string of the molecule is O=C(O)c1ccc(CN(CCc2ccccc2)C(=O)c2ccc(Oc3ccccc3Cl)cc2)cc1. The highest BCUT2D eigenvalue weighted by Crippen LogP contribution is 2.29. The van der Waals surface area contributed by atoms with Gasteiger partial charge >= 0.3 is 5.97 Å². The van der Waals surface area contributed by atoms with E-state index in [1.165, 1.54) is 0 Å². The molecule has 35 heavy (non-hydrogen) atoms. The number of hydrogen-bond donors (Lipinski definition) is 1. The summed E-state index contributed by atoms with van der Waals surface area (Å²) >= 11 is 6.17. The molecule has 0 aliphatic rings. The summed E-state index contributed by atoms with van der Waals surface area (Å²) in [6.45, 7) is 0.880. The first kappa shape index (κ1) is 24.0. The van der Waals surface area contributed by atoms with Crippen LogP contribution in [0, 0.1) is 0 Å². The van der Waals surface area contributed by atoms with Crippen LogP contribution in [0.3, 0.4) is 0 Å². The van der Waals surface area contributed by atoms with Gasteiger partial charge in [0.1, 0.15) is 11.5 Å². The number of para-hydroxylation sites is 1. The fraction of sp³-hybridized carbons (Fsp3) is 0.103. The minimum atomic E-state index is -0.979. The fourth-order valence-electron chi connectivity index (χ4n) is 3.64. The molecule has 5 nitrogen and oxygen atoms in total. The van der Waals surface area contributed by atoms with Crippen molar-refractivity contribution in [3.05, 3.63) is 130 Å². The molecular weight excluding hydrogens is 462 g/mol. The molecule has 1 N–H and O–H groups in total. The molecule has 0 radical (unpaired) electrons. The Morgan fingerprint density at radius 3 is 2.03 bits per heavy atom. The number of aromatic carboxylic acids is 1. The average Bonchev–Trinajstić information content (AvgIpc) is 2.89. The van der Waals surface area contributed by atoms with Crippen molar-refractivity contribution < 1.29 is 19.4 Å². The Bertz CT molecular complexity index is 1290. The van der Waals surface area contributed by atoms with Crippen LogP contribution in [0.5, 0.6) is 11.5 Å². The van der Waals surface area contributed by atoms with Crippen LogP contribution in [0.1, 0.15) is 31.8 Å². The third-order valence-electron chi connectivity index (χ3n) is 5.54. The third-order valence-corrected chi connectivity index (χ3v) is 5.85. The Labute approximate surface area is 209 Å². The number of halogens is 1. The van der Waals surface area contributed by atoms with Crippen molar-refractivity contribution in [2.45, 2.75) is 13.0 Å². The molecule has 6 heteroatoms. The molecule has 0 saturated heterocycles. The van der Waals surface area contributed by atoms with Gasteiger partial charge in [0.25, 0.3) is 5.91 Å². The van der Waals surface area contributed by atoms with E-state index in [9.17, 15) is 9.59 Å². The van der Waals surface area contributed by atoms with Crippen molar-refractivity contribution in [3.63, 3.8) is 0 Å². The Morgan fingerprint density at radius 2 is 1.37 bits per heavy atom. The number of rotatable bonds is 9. The van der Waals surface area contributed by atoms with E-state index < -0.39 is 5.97 Å². The Hall–Kier alpha value is -4.09. The zero-order chi connectivity index (χ0) is 24.6. The molecular formula is C29H24ClNO4. The van der Waals surface area contributed by atoms with Crippen LogP contribution in [-0.2, 0) is 13.0 Å². The van der Waals surface area contributed by atoms with E-state index >= 15 is 0 Å². The second-order valence-electron chi connectivity index (χ2n) is 8.02. The topological polar surface area (TPSA) is 66.8 Å². The van der Waals surface area contributed by atoms with Gasteiger partial charge in [0.05, 0.1) is 10.6 Å². The van der Waals surface area contributed by atoms with Crippen molar-refractivity contribution in [2.24, 2.45) is 0 Å². The number of carboxylic acids is 1. The summed E-state index contributed by atoms with van der Waals surface area (Å²) in [5, 5.41) is 9.66. The fourth-order valence-corrected chi connectivity index (χ4v) is 3.81. The molecule has 1 amide bonds. The highest BCUT2D eigenvalue weighted by atomic mass is 35.5. The summed E-state index contributed by atoms with van der Waals surface area (Å²) < 4.78 is 5.83. The van der Waals surface area contributed by atoms with Gasteiger partial charge in [0.15, 0.2) is 0 Å². The van der Waals surface area contributed by atoms with Gasteiger partial charge in [-0.1, -0.05) is 66.2 Å². The number of ether oxygens (including phenoxy) is 1. The third kappa shape index (κ3) is 6.49. The van der Waals surface area contributed by atoms with Gasteiger partial charge in [-0.3, -0.25) is 4.79 Å². The summed E-state index contributed by atoms with van der Waals surface area (Å²) in [6, 6.07) is 30.7. The van der Waals surface area contributed by atoms with Crippen LogP contribution >= 0.6 is 11.6 Å². The molecule has 0 saturated carbocycles. The molecule has 176 valence electrons. The number of benzene rings is 4. The first-order valence-corrected chi connectivity index (χ1v) is 11.6. The van der Waals surface area contributed by atoms with Crippen LogP contribution in [0.2, 0.25) is 5.02 Å². The predicted octanol–water partition coefficient (Wildman–Crippen LogP) is 6.72. The van der Waals surface area contributed by atoms with Gasteiger partial charge in [0.2, 0.25) is 0 Å². The maximum absolute atomic E-state index is 13.4. The van der Waals surface area contributed by atoms with E-state index in [2.05, 4.69) is 0 Å². The lowest BCUT2D eigenvalue weighted by Crippen LogP contribution is -2.32. The molecule has 4 aromatic carbocycles. The molecule has 0 aliphatic heterocycles. The molecule has 0 fully saturated rings. The van der Waals surface area contributed by atoms with Crippen molar-refractivity contribution in [1.82, 2.24) is 4.90 Å². The van der Waals surface area contributed by atoms with E-state index in [0.717, 1.165) is 11.1 Å². The first-order chi connectivity index (χ1) is 17.0. The molecule has 0 unspecified atom stereocenters. The second-order valence-corrected chi connectivity index (χ2v) is 8.43. The van der Waals surface area contributed by atoms with Crippen molar-refractivity contribution in [1.29, 1.82) is 0 Å². The molecule has 4 rings (SSSR count). The molecule has 0 aliphatic carbocycles. The summed E-state index contributed by atoms with van der Waals surface area (Å²) in [7, 11) is 0. The van der Waals surface area contributed by atoms with Gasteiger partial charge in [-0.2, -0.15) is 0 Å². The zero-order valence-electron chi connectivity index (χ0n) is 18.9. The largest absolute Gasteiger partial charge is 0.478 e. The molecule has 0 spiro atoms. The maximum Gasteiger partial charge on any atom is 0.335 e. The van der Waals surface area contributed by atoms with Gasteiger partial charge in [-0.05, 0) is 66.1 Å². The smallest absolute Gasteiger partial charge is 0.335 e. The van der Waals surface area contributed by atoms with Crippen molar-refractivity contribution in [2.75, 3.05) is 6.54 Å². The van der Waals surface area contributed by atoms with E-state index in [-0.39, 0.29) is 11.5 Å². The van der Waals surface area contributed by atoms with Crippen LogP contribution < -0.4 is 4.74 Å². The van der Waals surface area contributed by atoms with Gasteiger partial charge < -0.3 is 14.7 Å². The van der Waals surface area contributed by atoms with Gasteiger partial charge in [-0.25, -0.2) is 4.79 Å². The maximum atomic E-state index is 13.4. The Kier molecular flexibility index (Phi) is 7.81. The standard InChI is InChI=1S/C29H24ClNO4/c30-26-8-4-5-9-27(26)35-25-16-14-23(15-17-25)28(32)31(19-18-21-6-2-1-3-7-21)20-22-10-12-24(13-11-22)29(33)34/h1-17H,18-20H2,(H,33,34). The molecule has 0 heterocycles. The second kappa shape index (κ2) is 11.4. The lowest BCUT2D eigenvalue weighted by Gasteiger charge is -2.23. The summed E-state index contributed by atoms with van der Waals surface area (Å²) in [4.78, 5) is 26.4. The van der Waals surface area contributed by atoms with Gasteiger partial charge in [0, 0.05) is 18.7 Å². The van der Waals surface area contributed by atoms with Crippen LogP contribution in [-0.4, -0.2) is 28.4 Å². The zero-order valence-corrected chi connectivity index (χ0v) is 19.7. The Balaban J connectivity index is 1.51. The number of carboxylic acid groups (broad SMARTS) is 1. The average molecular weight is 486 g/mol. The molecule has 0 aromatic heterocycles. The summed E-state index contributed by atoms with van der Waals surface area (Å²) in [5.41, 5.74) is 2.74. The first-order valence-electron chi connectivity index (χ1n) is 11.2.